The molecular weight excluding hydrogens is 381 g/mol. The van der Waals surface area contributed by atoms with Gasteiger partial charge in [0.15, 0.2) is 0 Å². The van der Waals surface area contributed by atoms with E-state index in [1.165, 1.54) is 12.1 Å². The van der Waals surface area contributed by atoms with Gasteiger partial charge in [-0.05, 0) is 43.3 Å². The van der Waals surface area contributed by atoms with E-state index in [1.54, 1.807) is 35.2 Å². The first kappa shape index (κ1) is 18.7. The normalized spacial score (nSPS) is 18.0. The maximum absolute atomic E-state index is 13.6. The lowest BCUT2D eigenvalue weighted by Gasteiger charge is -2.52. The van der Waals surface area contributed by atoms with E-state index in [1.807, 2.05) is 6.92 Å². The minimum Gasteiger partial charge on any atom is -0.348 e. The van der Waals surface area contributed by atoms with Crippen LogP contribution in [0, 0.1) is 5.82 Å². The van der Waals surface area contributed by atoms with Crippen LogP contribution in [0.1, 0.15) is 40.5 Å². The summed E-state index contributed by atoms with van der Waals surface area (Å²) in [7, 11) is 0. The minimum atomic E-state index is -0.568. The second-order valence-corrected chi connectivity index (χ2v) is 7.63. The third-order valence-electron chi connectivity index (χ3n) is 5.62. The molecule has 4 rings (SSSR count). The largest absolute Gasteiger partial charge is 0.348 e. The summed E-state index contributed by atoms with van der Waals surface area (Å²) in [6.45, 7) is 3.70. The molecule has 146 valence electrons. The Hall–Kier alpha value is -2.60. The summed E-state index contributed by atoms with van der Waals surface area (Å²) in [4.78, 5) is 29.4. The third-order valence-corrected chi connectivity index (χ3v) is 5.86. The van der Waals surface area contributed by atoms with Crippen LogP contribution < -0.4 is 10.2 Å². The molecule has 1 fully saturated rings. The molecule has 0 aromatic heterocycles. The summed E-state index contributed by atoms with van der Waals surface area (Å²) in [5, 5.41) is 3.61. The fourth-order valence-corrected chi connectivity index (χ4v) is 4.44. The number of likely N-dealkylation sites (tertiary alicyclic amines) is 1. The third kappa shape index (κ3) is 3.11. The summed E-state index contributed by atoms with van der Waals surface area (Å²) in [6, 6.07) is 11.2. The lowest BCUT2D eigenvalue weighted by atomic mass is 9.89. The molecule has 7 heteroatoms. The Balaban J connectivity index is 1.57. The van der Waals surface area contributed by atoms with Crippen LogP contribution >= 0.6 is 11.6 Å². The first-order chi connectivity index (χ1) is 13.4. The molecule has 0 aliphatic carbocycles. The number of hydrogen-bond acceptors (Lipinski definition) is 3. The average Bonchev–Trinajstić information content (AvgIpc) is 2.69. The van der Waals surface area contributed by atoms with Crippen LogP contribution in [0.4, 0.5) is 10.1 Å². The van der Waals surface area contributed by atoms with Gasteiger partial charge in [0.1, 0.15) is 11.5 Å². The van der Waals surface area contributed by atoms with Crippen molar-refractivity contribution < 1.29 is 14.0 Å². The fourth-order valence-electron chi connectivity index (χ4n) is 4.25. The van der Waals surface area contributed by atoms with Crippen LogP contribution in [-0.2, 0) is 0 Å². The highest BCUT2D eigenvalue weighted by atomic mass is 35.5. The lowest BCUT2D eigenvalue weighted by Crippen LogP contribution is -2.68. The highest BCUT2D eigenvalue weighted by Gasteiger charge is 2.45. The van der Waals surface area contributed by atoms with E-state index in [2.05, 4.69) is 10.2 Å². The molecule has 2 aromatic rings. The van der Waals surface area contributed by atoms with E-state index in [0.717, 1.165) is 5.69 Å². The van der Waals surface area contributed by atoms with Gasteiger partial charge in [-0.25, -0.2) is 4.39 Å². The van der Waals surface area contributed by atoms with Crippen LogP contribution in [-0.4, -0.2) is 42.0 Å². The molecule has 2 heterocycles. The van der Waals surface area contributed by atoms with Gasteiger partial charge in [0.25, 0.3) is 11.8 Å². The predicted molar refractivity (Wildman–Crippen MR) is 106 cm³/mol. The molecule has 0 radical (unpaired) electrons. The van der Waals surface area contributed by atoms with E-state index < -0.39 is 11.5 Å². The monoisotopic (exact) mass is 401 g/mol. The van der Waals surface area contributed by atoms with Crippen molar-refractivity contribution in [2.75, 3.05) is 24.5 Å². The van der Waals surface area contributed by atoms with Crippen molar-refractivity contribution in [2.45, 2.75) is 25.4 Å². The van der Waals surface area contributed by atoms with Crippen molar-refractivity contribution in [1.82, 2.24) is 10.2 Å². The van der Waals surface area contributed by atoms with Crippen molar-refractivity contribution in [3.63, 3.8) is 0 Å². The molecule has 0 atom stereocenters. The van der Waals surface area contributed by atoms with Gasteiger partial charge in [0, 0.05) is 43.1 Å². The maximum atomic E-state index is 13.6. The first-order valence-electron chi connectivity index (χ1n) is 9.38. The molecule has 1 saturated heterocycles. The predicted octanol–water partition coefficient (Wildman–Crippen LogP) is 3.68. The smallest absolute Gasteiger partial charge is 0.255 e. The Kier molecular flexibility index (Phi) is 4.75. The summed E-state index contributed by atoms with van der Waals surface area (Å²) in [5.41, 5.74) is 1.08. The summed E-state index contributed by atoms with van der Waals surface area (Å²) in [6.07, 6.45) is 1.19. The van der Waals surface area contributed by atoms with E-state index in [9.17, 15) is 14.0 Å². The number of rotatable bonds is 2. The van der Waals surface area contributed by atoms with Crippen LogP contribution in [0.15, 0.2) is 42.5 Å². The van der Waals surface area contributed by atoms with Crippen LogP contribution in [0.3, 0.4) is 0 Å². The van der Waals surface area contributed by atoms with E-state index >= 15 is 0 Å². The zero-order chi connectivity index (χ0) is 19.9. The second-order valence-electron chi connectivity index (χ2n) is 7.19. The number of carbonyl (C=O) groups excluding carboxylic acids is 2. The second kappa shape index (κ2) is 7.09. The molecule has 1 N–H and O–H groups in total. The van der Waals surface area contributed by atoms with Gasteiger partial charge in [-0.2, -0.15) is 0 Å². The van der Waals surface area contributed by atoms with Crippen LogP contribution in [0.25, 0.3) is 0 Å². The van der Waals surface area contributed by atoms with Crippen LogP contribution in [0.5, 0.6) is 0 Å². The molecule has 0 bridgehead atoms. The molecule has 1 spiro atoms. The maximum Gasteiger partial charge on any atom is 0.255 e. The quantitative estimate of drug-likeness (QED) is 0.835. The molecular formula is C21H21ClFN3O2. The van der Waals surface area contributed by atoms with Gasteiger partial charge in [-0.15, -0.1) is 0 Å². The van der Waals surface area contributed by atoms with Gasteiger partial charge in [-0.3, -0.25) is 9.59 Å². The Morgan fingerprint density at radius 2 is 1.96 bits per heavy atom. The van der Waals surface area contributed by atoms with Gasteiger partial charge in [0.05, 0.1) is 11.3 Å². The zero-order valence-corrected chi connectivity index (χ0v) is 16.3. The zero-order valence-electron chi connectivity index (χ0n) is 15.5. The van der Waals surface area contributed by atoms with Crippen molar-refractivity contribution in [2.24, 2.45) is 0 Å². The van der Waals surface area contributed by atoms with Gasteiger partial charge < -0.3 is 15.1 Å². The molecule has 28 heavy (non-hydrogen) atoms. The number of benzene rings is 2. The van der Waals surface area contributed by atoms with Gasteiger partial charge in [-0.1, -0.05) is 17.7 Å². The molecule has 2 aliphatic heterocycles. The van der Waals surface area contributed by atoms with Gasteiger partial charge in [0.2, 0.25) is 0 Å². The average molecular weight is 402 g/mol. The topological polar surface area (TPSA) is 52.7 Å². The highest BCUT2D eigenvalue weighted by Crippen LogP contribution is 2.37. The lowest BCUT2D eigenvalue weighted by molar-refractivity contribution is 0.0603. The van der Waals surface area contributed by atoms with E-state index in [0.29, 0.717) is 48.6 Å². The molecule has 5 nitrogen and oxygen atoms in total. The molecule has 2 aromatic carbocycles. The van der Waals surface area contributed by atoms with Crippen molar-refractivity contribution in [3.05, 3.63) is 64.4 Å². The number of nitrogens with zero attached hydrogens (tertiary/aromatic N) is 2. The number of piperidine rings is 1. The first-order valence-corrected chi connectivity index (χ1v) is 9.76. The number of halogens is 2. The summed E-state index contributed by atoms with van der Waals surface area (Å²) < 4.78 is 13.6. The molecule has 2 aliphatic rings. The van der Waals surface area contributed by atoms with Crippen LogP contribution in [0.2, 0.25) is 5.02 Å². The fraction of sp³-hybridized carbons (Fsp3) is 0.333. The highest BCUT2D eigenvalue weighted by molar-refractivity contribution is 6.30. The number of carbonyl (C=O) groups is 2. The van der Waals surface area contributed by atoms with Gasteiger partial charge >= 0.3 is 0 Å². The van der Waals surface area contributed by atoms with Crippen molar-refractivity contribution in [1.29, 1.82) is 0 Å². The van der Waals surface area contributed by atoms with Crippen molar-refractivity contribution >= 4 is 29.1 Å². The Morgan fingerprint density at radius 1 is 1.21 bits per heavy atom. The number of amides is 2. The van der Waals surface area contributed by atoms with Crippen molar-refractivity contribution in [3.8, 4) is 0 Å². The number of anilines is 1. The Morgan fingerprint density at radius 3 is 2.64 bits per heavy atom. The van der Waals surface area contributed by atoms with E-state index in [4.69, 9.17) is 11.6 Å². The Bertz CT molecular complexity index is 941. The number of nitrogens with one attached hydrogen (secondary N) is 1. The Labute approximate surface area is 168 Å². The number of hydrogen-bond donors (Lipinski definition) is 1. The molecule has 2 amide bonds. The molecule has 0 saturated carbocycles. The SMILES string of the molecule is CCN1c2ccc(F)cc2C(=O)NC12CCN(C(=O)c1cccc(Cl)c1)CC2. The summed E-state index contributed by atoms with van der Waals surface area (Å²) >= 11 is 6.01. The standard InChI is InChI=1S/C21H21ClFN3O2/c1-2-26-18-7-6-16(23)13-17(18)19(27)24-21(26)8-10-25(11-9-21)20(28)14-4-3-5-15(22)12-14/h3-7,12-13H,2,8-11H2,1H3,(H,24,27). The van der Waals surface area contributed by atoms with E-state index in [-0.39, 0.29) is 11.8 Å². The minimum absolute atomic E-state index is 0.0648. The number of fused-ring (bicyclic) bond motifs is 1. The summed E-state index contributed by atoms with van der Waals surface area (Å²) in [5.74, 6) is -0.762. The molecule has 0 unspecified atom stereocenters.